The van der Waals surface area contributed by atoms with Gasteiger partial charge in [-0.25, -0.2) is 0 Å². The SMILES string of the molecule is Cc1cc2oc3ccccc3c2cc1C12CC3CC(C1)C(C)(C)N(C3)[C@@H]2C. The standard InChI is InChI=1S/C25H29NO/c1-15-9-23-20(19-7-5-6-8-22(19)27-23)11-21(15)25-12-17-10-18(13-25)24(3,4)26(14-17)16(25)2/h5-9,11,16-18H,10,12-14H2,1-4H3/t16-,17?,18?,25?/m1/s1. The maximum Gasteiger partial charge on any atom is 0.135 e. The highest BCUT2D eigenvalue weighted by Gasteiger charge is 2.61. The smallest absolute Gasteiger partial charge is 0.135 e. The van der Waals surface area contributed by atoms with Gasteiger partial charge in [0.2, 0.25) is 0 Å². The van der Waals surface area contributed by atoms with Crippen molar-refractivity contribution in [3.63, 3.8) is 0 Å². The van der Waals surface area contributed by atoms with Gasteiger partial charge in [-0.2, -0.15) is 0 Å². The maximum absolute atomic E-state index is 6.16. The number of hydrogen-bond acceptors (Lipinski definition) is 2. The number of aryl methyl sites for hydroxylation is 1. The van der Waals surface area contributed by atoms with Crippen molar-refractivity contribution in [2.75, 3.05) is 6.54 Å². The molecule has 0 amide bonds. The van der Waals surface area contributed by atoms with E-state index in [1.54, 1.807) is 5.56 Å². The number of benzene rings is 2. The van der Waals surface area contributed by atoms with Gasteiger partial charge < -0.3 is 4.42 Å². The molecule has 4 heterocycles. The molecule has 1 aliphatic carbocycles. The Morgan fingerprint density at radius 1 is 1.04 bits per heavy atom. The summed E-state index contributed by atoms with van der Waals surface area (Å²) in [6.45, 7) is 11.1. The second-order valence-electron chi connectivity index (χ2n) is 10.1. The van der Waals surface area contributed by atoms with E-state index in [1.807, 2.05) is 0 Å². The van der Waals surface area contributed by atoms with E-state index in [9.17, 15) is 0 Å². The van der Waals surface area contributed by atoms with E-state index in [1.165, 1.54) is 42.1 Å². The molecule has 0 radical (unpaired) electrons. The van der Waals surface area contributed by atoms with Crippen LogP contribution in [0, 0.1) is 18.8 Å². The number of hydrogen-bond donors (Lipinski definition) is 0. The summed E-state index contributed by atoms with van der Waals surface area (Å²) in [6.07, 6.45) is 4.13. The predicted molar refractivity (Wildman–Crippen MR) is 111 cm³/mol. The van der Waals surface area contributed by atoms with E-state index in [-0.39, 0.29) is 0 Å². The van der Waals surface area contributed by atoms with Gasteiger partial charge in [-0.3, -0.25) is 4.90 Å². The van der Waals surface area contributed by atoms with Crippen LogP contribution in [0.2, 0.25) is 0 Å². The summed E-state index contributed by atoms with van der Waals surface area (Å²) in [5, 5.41) is 2.55. The molecule has 7 rings (SSSR count). The Hall–Kier alpha value is -1.80. The summed E-state index contributed by atoms with van der Waals surface area (Å²) in [6, 6.07) is 13.9. The zero-order valence-electron chi connectivity index (χ0n) is 16.9. The van der Waals surface area contributed by atoms with Crippen LogP contribution in [0.4, 0.5) is 0 Å². The molecule has 2 heteroatoms. The topological polar surface area (TPSA) is 16.4 Å². The van der Waals surface area contributed by atoms with Crippen molar-refractivity contribution >= 4 is 21.9 Å². The van der Waals surface area contributed by atoms with E-state index >= 15 is 0 Å². The van der Waals surface area contributed by atoms with Gasteiger partial charge in [-0.1, -0.05) is 18.2 Å². The van der Waals surface area contributed by atoms with E-state index in [0.717, 1.165) is 23.0 Å². The summed E-state index contributed by atoms with van der Waals surface area (Å²) in [5.41, 5.74) is 5.69. The first-order valence-electron chi connectivity index (χ1n) is 10.6. The molecule has 1 aromatic heterocycles. The third kappa shape index (κ3) is 1.90. The predicted octanol–water partition coefficient (Wildman–Crippen LogP) is 6.04. The second kappa shape index (κ2) is 4.97. The van der Waals surface area contributed by atoms with Gasteiger partial charge >= 0.3 is 0 Å². The van der Waals surface area contributed by atoms with Crippen LogP contribution in [0.15, 0.2) is 40.8 Å². The highest BCUT2D eigenvalue weighted by atomic mass is 16.3. The van der Waals surface area contributed by atoms with Gasteiger partial charge in [0.25, 0.3) is 0 Å². The molecule has 4 fully saturated rings. The van der Waals surface area contributed by atoms with Gasteiger partial charge in [0.1, 0.15) is 11.2 Å². The number of para-hydroxylation sites is 1. The molecule has 4 aliphatic rings. The third-order valence-corrected chi connectivity index (χ3v) is 8.60. The van der Waals surface area contributed by atoms with Crippen molar-refractivity contribution in [1.82, 2.24) is 4.90 Å². The van der Waals surface area contributed by atoms with Crippen molar-refractivity contribution in [3.8, 4) is 0 Å². The largest absolute Gasteiger partial charge is 0.456 e. The van der Waals surface area contributed by atoms with Crippen molar-refractivity contribution in [1.29, 1.82) is 0 Å². The zero-order valence-corrected chi connectivity index (χ0v) is 16.9. The highest BCUT2D eigenvalue weighted by Crippen LogP contribution is 2.61. The molecule has 3 aliphatic heterocycles. The minimum Gasteiger partial charge on any atom is -0.456 e. The van der Waals surface area contributed by atoms with Gasteiger partial charge in [0.05, 0.1) is 0 Å². The number of furan rings is 1. The minimum absolute atomic E-state index is 0.304. The monoisotopic (exact) mass is 359 g/mol. The number of rotatable bonds is 1. The molecular weight excluding hydrogens is 330 g/mol. The summed E-state index contributed by atoms with van der Waals surface area (Å²) < 4.78 is 6.16. The van der Waals surface area contributed by atoms with Crippen molar-refractivity contribution in [2.45, 2.75) is 64.0 Å². The lowest BCUT2D eigenvalue weighted by atomic mass is 9.49. The highest BCUT2D eigenvalue weighted by molar-refractivity contribution is 6.05. The van der Waals surface area contributed by atoms with Crippen molar-refractivity contribution in [3.05, 3.63) is 47.5 Å². The second-order valence-corrected chi connectivity index (χ2v) is 10.1. The number of nitrogens with zero attached hydrogens (tertiary/aromatic N) is 1. The molecule has 4 unspecified atom stereocenters. The molecule has 3 aromatic rings. The Morgan fingerprint density at radius 3 is 2.70 bits per heavy atom. The van der Waals surface area contributed by atoms with Crippen LogP contribution < -0.4 is 0 Å². The molecule has 4 bridgehead atoms. The Kier molecular flexibility index (Phi) is 2.98. The Bertz CT molecular complexity index is 1080. The van der Waals surface area contributed by atoms with Crippen LogP contribution in [0.3, 0.4) is 0 Å². The first-order chi connectivity index (χ1) is 12.9. The summed E-state index contributed by atoms with van der Waals surface area (Å²) in [4.78, 5) is 2.84. The van der Waals surface area contributed by atoms with Gasteiger partial charge in [0, 0.05) is 34.3 Å². The van der Waals surface area contributed by atoms with E-state index in [4.69, 9.17) is 4.42 Å². The van der Waals surface area contributed by atoms with Crippen LogP contribution in [0.1, 0.15) is 51.2 Å². The average molecular weight is 360 g/mol. The normalized spacial score (nSPS) is 36.7. The molecule has 0 spiro atoms. The fraction of sp³-hybridized carbons (Fsp3) is 0.520. The van der Waals surface area contributed by atoms with E-state index < -0.39 is 0 Å². The molecule has 5 atom stereocenters. The molecule has 2 nitrogen and oxygen atoms in total. The van der Waals surface area contributed by atoms with Crippen LogP contribution in [0.5, 0.6) is 0 Å². The third-order valence-electron chi connectivity index (χ3n) is 8.60. The van der Waals surface area contributed by atoms with E-state index in [0.29, 0.717) is 17.0 Å². The average Bonchev–Trinajstić information content (AvgIpc) is 2.99. The summed E-state index contributed by atoms with van der Waals surface area (Å²) >= 11 is 0. The molecule has 0 N–H and O–H groups in total. The fourth-order valence-corrected chi connectivity index (χ4v) is 7.18. The molecule has 1 saturated carbocycles. The molecule has 2 aromatic carbocycles. The van der Waals surface area contributed by atoms with Crippen LogP contribution in [-0.2, 0) is 5.41 Å². The Labute approximate surface area is 161 Å². The first-order valence-corrected chi connectivity index (χ1v) is 10.6. The molecule has 27 heavy (non-hydrogen) atoms. The molecule has 3 saturated heterocycles. The van der Waals surface area contributed by atoms with Gasteiger partial charge in [-0.05, 0) is 88.1 Å². The lowest BCUT2D eigenvalue weighted by Gasteiger charge is -2.69. The number of fused-ring (bicyclic) bond motifs is 3. The van der Waals surface area contributed by atoms with E-state index in [2.05, 4.69) is 69.0 Å². The summed E-state index contributed by atoms with van der Waals surface area (Å²) in [7, 11) is 0. The van der Waals surface area contributed by atoms with Gasteiger partial charge in [0.15, 0.2) is 0 Å². The fourth-order valence-electron chi connectivity index (χ4n) is 7.18. The zero-order chi connectivity index (χ0) is 18.6. The van der Waals surface area contributed by atoms with Crippen molar-refractivity contribution < 1.29 is 4.42 Å². The van der Waals surface area contributed by atoms with Crippen LogP contribution in [-0.4, -0.2) is 23.0 Å². The first kappa shape index (κ1) is 16.2. The van der Waals surface area contributed by atoms with Crippen LogP contribution in [0.25, 0.3) is 21.9 Å². The quantitative estimate of drug-likeness (QED) is 0.526. The molecule has 140 valence electrons. The number of piperidine rings is 3. The lowest BCUT2D eigenvalue weighted by molar-refractivity contribution is -0.157. The van der Waals surface area contributed by atoms with Gasteiger partial charge in [-0.15, -0.1) is 0 Å². The van der Waals surface area contributed by atoms with Crippen LogP contribution >= 0.6 is 0 Å². The minimum atomic E-state index is 0.304. The van der Waals surface area contributed by atoms with Crippen molar-refractivity contribution in [2.24, 2.45) is 11.8 Å². The Morgan fingerprint density at radius 2 is 1.85 bits per heavy atom. The maximum atomic E-state index is 6.16. The summed E-state index contributed by atoms with van der Waals surface area (Å²) in [5.74, 6) is 1.68. The molecular formula is C25H29NO. The Balaban J connectivity index is 1.59. The lowest BCUT2D eigenvalue weighted by Crippen LogP contribution is -2.73.